The molecule has 0 fully saturated rings. The van der Waals surface area contributed by atoms with Gasteiger partial charge in [0.05, 0.1) is 0 Å². The standard InChI is InChI=1S/2C12H19.2ClH.Zr/c2*1-3-4-5-6-7-12-9-8-11(2)10-12;;;/h2*9H,3-8H2,1-2H3;2*1H;/q2*-1;;;+4/p-2. The molecule has 0 atom stereocenters. The van der Waals surface area contributed by atoms with E-state index in [9.17, 15) is 0 Å². The van der Waals surface area contributed by atoms with Gasteiger partial charge in [-0.2, -0.15) is 11.1 Å². The first kappa shape index (κ1) is 27.4. The van der Waals surface area contributed by atoms with Crippen molar-refractivity contribution in [2.75, 3.05) is 0 Å². The average molecular weight is 489 g/mol. The predicted octanol–water partition coefficient (Wildman–Crippen LogP) is 9.45. The Hall–Kier alpha value is 0.423. The van der Waals surface area contributed by atoms with Gasteiger partial charge < -0.3 is 0 Å². The molecule has 0 N–H and O–H groups in total. The number of rotatable bonds is 10. The molecular formula is C24H38Cl2Zr. The van der Waals surface area contributed by atoms with Crippen molar-refractivity contribution in [2.24, 2.45) is 0 Å². The van der Waals surface area contributed by atoms with Gasteiger partial charge in [0, 0.05) is 0 Å². The summed E-state index contributed by atoms with van der Waals surface area (Å²) in [7, 11) is 9.87. The van der Waals surface area contributed by atoms with Crippen LogP contribution in [0, 0.1) is 12.2 Å². The van der Waals surface area contributed by atoms with E-state index >= 15 is 0 Å². The summed E-state index contributed by atoms with van der Waals surface area (Å²) in [6.07, 6.45) is 27.1. The number of hydrogen-bond donors (Lipinski definition) is 0. The van der Waals surface area contributed by atoms with Crippen LogP contribution in [0.25, 0.3) is 0 Å². The molecule has 2 aliphatic rings. The van der Waals surface area contributed by atoms with Crippen molar-refractivity contribution in [1.82, 2.24) is 0 Å². The minimum absolute atomic E-state index is 0.826. The van der Waals surface area contributed by atoms with E-state index < -0.39 is 20.8 Å². The van der Waals surface area contributed by atoms with Crippen LogP contribution < -0.4 is 0 Å². The van der Waals surface area contributed by atoms with Crippen LogP contribution in [0.2, 0.25) is 0 Å². The fourth-order valence-electron chi connectivity index (χ4n) is 3.12. The number of allylic oxidation sites excluding steroid dienone is 8. The third-order valence-corrected chi connectivity index (χ3v) is 4.66. The second-order valence-electron chi connectivity index (χ2n) is 7.37. The maximum atomic E-state index is 4.93. The Balaban J connectivity index is 0.000000438. The minimum atomic E-state index is -0.826. The van der Waals surface area contributed by atoms with E-state index in [1.54, 1.807) is 0 Å². The summed E-state index contributed by atoms with van der Waals surface area (Å²) in [5.41, 5.74) is 5.70. The zero-order valence-corrected chi connectivity index (χ0v) is 21.9. The molecule has 152 valence electrons. The molecular weight excluding hydrogens is 450 g/mol. The fraction of sp³-hybridized carbons (Fsp3) is 0.667. The normalized spacial score (nSPS) is 14.7. The molecule has 3 heteroatoms. The second-order valence-corrected chi connectivity index (χ2v) is 11.1. The van der Waals surface area contributed by atoms with Gasteiger partial charge in [-0.05, 0) is 0 Å². The van der Waals surface area contributed by atoms with Crippen molar-refractivity contribution < 1.29 is 20.8 Å². The van der Waals surface area contributed by atoms with Crippen molar-refractivity contribution in [2.45, 2.75) is 105 Å². The monoisotopic (exact) mass is 486 g/mol. The quantitative estimate of drug-likeness (QED) is 0.212. The molecule has 0 aliphatic heterocycles. The van der Waals surface area contributed by atoms with Crippen molar-refractivity contribution >= 4 is 17.0 Å². The first-order chi connectivity index (χ1) is 13.1. The van der Waals surface area contributed by atoms with Gasteiger partial charge in [0.1, 0.15) is 0 Å². The van der Waals surface area contributed by atoms with Gasteiger partial charge in [-0.25, -0.2) is 35.5 Å². The van der Waals surface area contributed by atoms with E-state index in [1.165, 1.54) is 86.5 Å². The van der Waals surface area contributed by atoms with E-state index in [0.29, 0.717) is 0 Å². The Morgan fingerprint density at radius 3 is 1.37 bits per heavy atom. The van der Waals surface area contributed by atoms with Gasteiger partial charge in [0.2, 0.25) is 0 Å². The Morgan fingerprint density at radius 1 is 0.741 bits per heavy atom. The first-order valence-corrected chi connectivity index (χ1v) is 16.9. The van der Waals surface area contributed by atoms with Crippen LogP contribution in [-0.4, -0.2) is 0 Å². The van der Waals surface area contributed by atoms with Crippen LogP contribution in [0.5, 0.6) is 0 Å². The van der Waals surface area contributed by atoms with E-state index in [-0.39, 0.29) is 0 Å². The summed E-state index contributed by atoms with van der Waals surface area (Å²) in [4.78, 5) is 0. The van der Waals surface area contributed by atoms with Crippen molar-refractivity contribution in [3.8, 4) is 0 Å². The van der Waals surface area contributed by atoms with Gasteiger partial charge in [0.15, 0.2) is 0 Å². The van der Waals surface area contributed by atoms with Crippen LogP contribution >= 0.6 is 17.0 Å². The SMILES string of the molecule is CCCCCCC1=CCC(C)=[C-]1.CCCCCCC1=CCC(C)=[C-]1.[Cl][Zr+2][Cl]. The molecule has 0 saturated heterocycles. The van der Waals surface area contributed by atoms with Gasteiger partial charge in [0.25, 0.3) is 0 Å². The first-order valence-electron chi connectivity index (χ1n) is 10.6. The second kappa shape index (κ2) is 19.7. The summed E-state index contributed by atoms with van der Waals surface area (Å²) in [6.45, 7) is 8.83. The van der Waals surface area contributed by atoms with Crippen LogP contribution in [0.15, 0.2) is 34.4 Å². The third kappa shape index (κ3) is 17.0. The van der Waals surface area contributed by atoms with Crippen LogP contribution in [-0.2, 0) is 20.8 Å². The summed E-state index contributed by atoms with van der Waals surface area (Å²) in [6, 6.07) is 0. The average Bonchev–Trinajstić information content (AvgIpc) is 3.25. The predicted molar refractivity (Wildman–Crippen MR) is 119 cm³/mol. The van der Waals surface area contributed by atoms with Crippen molar-refractivity contribution in [3.05, 3.63) is 46.6 Å². The molecule has 0 radical (unpaired) electrons. The van der Waals surface area contributed by atoms with Gasteiger partial charge in [-0.3, -0.25) is 0 Å². The number of hydrogen-bond acceptors (Lipinski definition) is 0. The zero-order valence-electron chi connectivity index (χ0n) is 17.9. The van der Waals surface area contributed by atoms with Gasteiger partial charge in [-0.15, -0.1) is 0 Å². The summed E-state index contributed by atoms with van der Waals surface area (Å²) in [5.74, 6) is 0. The molecule has 0 amide bonds. The van der Waals surface area contributed by atoms with Gasteiger partial charge >= 0.3 is 37.9 Å². The summed E-state index contributed by atoms with van der Waals surface area (Å²) in [5, 5.41) is 0. The Morgan fingerprint density at radius 2 is 1.11 bits per heavy atom. The molecule has 0 unspecified atom stereocenters. The van der Waals surface area contributed by atoms with E-state index in [4.69, 9.17) is 17.0 Å². The molecule has 2 aliphatic carbocycles. The van der Waals surface area contributed by atoms with Gasteiger partial charge in [-0.1, -0.05) is 105 Å². The molecule has 0 aromatic rings. The summed E-state index contributed by atoms with van der Waals surface area (Å²) >= 11 is -0.826. The Kier molecular flexibility index (Phi) is 20.0. The van der Waals surface area contributed by atoms with E-state index in [1.807, 2.05) is 0 Å². The maximum absolute atomic E-state index is 4.93. The molecule has 0 aromatic heterocycles. The molecule has 0 saturated carbocycles. The Labute approximate surface area is 188 Å². The number of halogens is 2. The molecule has 0 aromatic carbocycles. The fourth-order valence-corrected chi connectivity index (χ4v) is 3.12. The van der Waals surface area contributed by atoms with E-state index in [2.05, 4.69) is 52.0 Å². The van der Waals surface area contributed by atoms with Crippen LogP contribution in [0.3, 0.4) is 0 Å². The third-order valence-electron chi connectivity index (χ3n) is 4.66. The van der Waals surface area contributed by atoms with Crippen molar-refractivity contribution in [1.29, 1.82) is 0 Å². The number of unbranched alkanes of at least 4 members (excludes halogenated alkanes) is 6. The van der Waals surface area contributed by atoms with Crippen molar-refractivity contribution in [3.63, 3.8) is 0 Å². The molecule has 27 heavy (non-hydrogen) atoms. The molecule has 0 spiro atoms. The van der Waals surface area contributed by atoms with Crippen LogP contribution in [0.1, 0.15) is 105 Å². The molecule has 0 heterocycles. The zero-order chi connectivity index (χ0) is 20.3. The Bertz CT molecular complexity index is 443. The molecule has 0 nitrogen and oxygen atoms in total. The topological polar surface area (TPSA) is 0 Å². The molecule has 0 bridgehead atoms. The van der Waals surface area contributed by atoms with E-state index in [0.717, 1.165) is 12.8 Å². The van der Waals surface area contributed by atoms with Crippen LogP contribution in [0.4, 0.5) is 0 Å². The summed E-state index contributed by atoms with van der Waals surface area (Å²) < 4.78 is 0. The molecule has 2 rings (SSSR count).